The second-order valence-corrected chi connectivity index (χ2v) is 1.99. The first-order valence-electron chi connectivity index (χ1n) is 3.10. The average Bonchev–Trinajstić information content (AvgIpc) is 2.04. The summed E-state index contributed by atoms with van der Waals surface area (Å²) < 4.78 is 4.79. The minimum absolute atomic E-state index is 0. The minimum Gasteiger partial charge on any atom is -0.545 e. The third kappa shape index (κ3) is 2.57. The average molecular weight is 240 g/mol. The number of carboxylic acids is 1. The molecule has 0 aliphatic carbocycles. The Kier molecular flexibility index (Phi) is 5.10. The van der Waals surface area contributed by atoms with Crippen molar-refractivity contribution in [3.05, 3.63) is 29.8 Å². The quantitative estimate of drug-likeness (QED) is 0.734. The molecule has 0 saturated heterocycles. The van der Waals surface area contributed by atoms with Gasteiger partial charge in [0.25, 0.3) is 0 Å². The first kappa shape index (κ1) is 11.6. The zero-order valence-electron chi connectivity index (χ0n) is 6.61. The summed E-state index contributed by atoms with van der Waals surface area (Å²) in [5.41, 5.74) is 0.0787. The molecule has 0 unspecified atom stereocenters. The smallest absolute Gasteiger partial charge is 0.127 e. The molecule has 1 radical (unpaired) electrons. The SMILES string of the molecule is COc1ccccc1C(=O)[O-].[Y]. The molecule has 1 aromatic rings. The molecule has 4 heteroatoms. The summed E-state index contributed by atoms with van der Waals surface area (Å²) in [6.07, 6.45) is 0. The summed E-state index contributed by atoms with van der Waals surface area (Å²) >= 11 is 0. The van der Waals surface area contributed by atoms with E-state index in [1.165, 1.54) is 13.2 Å². The van der Waals surface area contributed by atoms with Gasteiger partial charge in [0.2, 0.25) is 0 Å². The van der Waals surface area contributed by atoms with E-state index in [-0.39, 0.29) is 38.3 Å². The number of aromatic carboxylic acids is 1. The fraction of sp³-hybridized carbons (Fsp3) is 0.125. The van der Waals surface area contributed by atoms with E-state index in [9.17, 15) is 9.90 Å². The van der Waals surface area contributed by atoms with Crippen LogP contribution in [0.15, 0.2) is 24.3 Å². The number of rotatable bonds is 2. The number of benzene rings is 1. The summed E-state index contributed by atoms with van der Waals surface area (Å²) in [5.74, 6) is -0.894. The zero-order valence-corrected chi connectivity index (χ0v) is 9.45. The van der Waals surface area contributed by atoms with Crippen LogP contribution in [-0.4, -0.2) is 13.1 Å². The van der Waals surface area contributed by atoms with Gasteiger partial charge in [0.1, 0.15) is 5.75 Å². The van der Waals surface area contributed by atoms with Gasteiger partial charge in [-0.25, -0.2) is 0 Å². The van der Waals surface area contributed by atoms with Crippen LogP contribution in [0.3, 0.4) is 0 Å². The number of hydrogen-bond donors (Lipinski definition) is 0. The summed E-state index contributed by atoms with van der Waals surface area (Å²) in [7, 11) is 1.42. The van der Waals surface area contributed by atoms with Crippen LogP contribution in [0.4, 0.5) is 0 Å². The van der Waals surface area contributed by atoms with Crippen LogP contribution in [0.25, 0.3) is 0 Å². The van der Waals surface area contributed by atoms with Crippen molar-refractivity contribution in [1.29, 1.82) is 0 Å². The maximum absolute atomic E-state index is 10.4. The molecular weight excluding hydrogens is 233 g/mol. The molecule has 0 saturated carbocycles. The van der Waals surface area contributed by atoms with Gasteiger partial charge in [-0.1, -0.05) is 12.1 Å². The molecule has 0 aliphatic heterocycles. The number of ether oxygens (including phenoxy) is 1. The van der Waals surface area contributed by atoms with Crippen LogP contribution in [0.1, 0.15) is 10.4 Å². The Morgan fingerprint density at radius 1 is 1.42 bits per heavy atom. The van der Waals surface area contributed by atoms with Crippen LogP contribution in [0.2, 0.25) is 0 Å². The summed E-state index contributed by atoms with van der Waals surface area (Å²) in [6.45, 7) is 0. The molecule has 1 aromatic carbocycles. The van der Waals surface area contributed by atoms with E-state index in [4.69, 9.17) is 4.74 Å². The third-order valence-electron chi connectivity index (χ3n) is 1.33. The third-order valence-corrected chi connectivity index (χ3v) is 1.33. The number of carbonyl (C=O) groups is 1. The van der Waals surface area contributed by atoms with Crippen LogP contribution in [0, 0.1) is 0 Å². The first-order valence-corrected chi connectivity index (χ1v) is 3.10. The molecule has 0 aromatic heterocycles. The van der Waals surface area contributed by atoms with E-state index in [1.807, 2.05) is 0 Å². The molecule has 61 valence electrons. The number of para-hydroxylation sites is 1. The molecule has 1 rings (SSSR count). The van der Waals surface area contributed by atoms with Crippen molar-refractivity contribution in [3.8, 4) is 5.75 Å². The first-order chi connectivity index (χ1) is 5.25. The Bertz CT molecular complexity index is 273. The maximum Gasteiger partial charge on any atom is 0.127 e. The van der Waals surface area contributed by atoms with Gasteiger partial charge in [-0.2, -0.15) is 0 Å². The molecular formula is C8H7O3Y-. The van der Waals surface area contributed by atoms with Crippen molar-refractivity contribution >= 4 is 5.97 Å². The van der Waals surface area contributed by atoms with Crippen molar-refractivity contribution in [2.24, 2.45) is 0 Å². The van der Waals surface area contributed by atoms with Gasteiger partial charge in [0, 0.05) is 38.3 Å². The van der Waals surface area contributed by atoms with Crippen molar-refractivity contribution in [2.75, 3.05) is 7.11 Å². The molecule has 0 heterocycles. The normalized spacial score (nSPS) is 8.42. The van der Waals surface area contributed by atoms with Crippen LogP contribution >= 0.6 is 0 Å². The largest absolute Gasteiger partial charge is 0.545 e. The molecule has 3 nitrogen and oxygen atoms in total. The van der Waals surface area contributed by atoms with Gasteiger partial charge in [-0.3, -0.25) is 0 Å². The van der Waals surface area contributed by atoms with Crippen molar-refractivity contribution < 1.29 is 47.3 Å². The van der Waals surface area contributed by atoms with Crippen molar-refractivity contribution in [2.45, 2.75) is 0 Å². The topological polar surface area (TPSA) is 49.4 Å². The molecule has 0 N–H and O–H groups in total. The predicted molar refractivity (Wildman–Crippen MR) is 37.3 cm³/mol. The molecule has 0 bridgehead atoms. The van der Waals surface area contributed by atoms with E-state index in [0.29, 0.717) is 5.75 Å². The van der Waals surface area contributed by atoms with Gasteiger partial charge in [-0.05, 0) is 12.1 Å². The van der Waals surface area contributed by atoms with Crippen molar-refractivity contribution in [1.82, 2.24) is 0 Å². The molecule has 0 amide bonds. The second kappa shape index (κ2) is 5.28. The predicted octanol–water partition coefficient (Wildman–Crippen LogP) is 0.0562. The number of hydrogen-bond acceptors (Lipinski definition) is 3. The number of carbonyl (C=O) groups excluding carboxylic acids is 1. The van der Waals surface area contributed by atoms with Gasteiger partial charge < -0.3 is 14.6 Å². The summed E-state index contributed by atoms with van der Waals surface area (Å²) in [4.78, 5) is 10.4. The molecule has 12 heavy (non-hydrogen) atoms. The molecule has 0 fully saturated rings. The summed E-state index contributed by atoms with van der Waals surface area (Å²) in [6, 6.07) is 6.33. The standard InChI is InChI=1S/C8H8O3.Y/c1-11-7-5-3-2-4-6(7)8(9)10;/h2-5H,1H3,(H,9,10);/p-1. The summed E-state index contributed by atoms with van der Waals surface area (Å²) in [5, 5.41) is 10.4. The Morgan fingerprint density at radius 3 is 2.42 bits per heavy atom. The van der Waals surface area contributed by atoms with Gasteiger partial charge in [0.05, 0.1) is 13.1 Å². The fourth-order valence-corrected chi connectivity index (χ4v) is 0.813. The van der Waals surface area contributed by atoms with E-state index < -0.39 is 5.97 Å². The molecule has 0 atom stereocenters. The van der Waals surface area contributed by atoms with E-state index in [0.717, 1.165) is 0 Å². The zero-order chi connectivity index (χ0) is 8.27. The number of methoxy groups -OCH3 is 1. The fourth-order valence-electron chi connectivity index (χ4n) is 0.813. The minimum atomic E-state index is -1.22. The van der Waals surface area contributed by atoms with Crippen molar-refractivity contribution in [3.63, 3.8) is 0 Å². The van der Waals surface area contributed by atoms with Gasteiger partial charge >= 0.3 is 0 Å². The van der Waals surface area contributed by atoms with Crippen LogP contribution in [0.5, 0.6) is 5.75 Å². The van der Waals surface area contributed by atoms with E-state index in [1.54, 1.807) is 18.2 Å². The van der Waals surface area contributed by atoms with Gasteiger partial charge in [0.15, 0.2) is 0 Å². The monoisotopic (exact) mass is 240 g/mol. The van der Waals surface area contributed by atoms with E-state index >= 15 is 0 Å². The second-order valence-electron chi connectivity index (χ2n) is 1.99. The molecule has 0 aliphatic rings. The Balaban J connectivity index is 0.00000121. The van der Waals surface area contributed by atoms with Crippen LogP contribution in [-0.2, 0) is 32.7 Å². The maximum atomic E-state index is 10.4. The Labute approximate surface area is 95.6 Å². The van der Waals surface area contributed by atoms with E-state index in [2.05, 4.69) is 0 Å². The Hall–Kier alpha value is -0.406. The van der Waals surface area contributed by atoms with Crippen LogP contribution < -0.4 is 9.84 Å². The van der Waals surface area contributed by atoms with Gasteiger partial charge in [-0.15, -0.1) is 0 Å². The molecule has 0 spiro atoms. The Morgan fingerprint density at radius 2 is 2.00 bits per heavy atom. The number of carboxylic acid groups (broad SMARTS) is 1.